The third kappa shape index (κ3) is 4.93. The zero-order valence-corrected chi connectivity index (χ0v) is 13.8. The standard InChI is InChI=1S/C17H18Cl2N2O/c1-2-17(22)21-15-7-5-14(6-8-15)20-10-9-12-3-4-13(18)11-16(12)19/h3-8,11,20H,2,9-10H2,1H3,(H,21,22). The first-order chi connectivity index (χ1) is 10.6. The molecule has 0 saturated carbocycles. The van der Waals surface area contributed by atoms with E-state index in [2.05, 4.69) is 10.6 Å². The molecule has 0 radical (unpaired) electrons. The summed E-state index contributed by atoms with van der Waals surface area (Å²) < 4.78 is 0. The molecule has 2 N–H and O–H groups in total. The van der Waals surface area contributed by atoms with E-state index in [0.29, 0.717) is 16.5 Å². The second-order valence-electron chi connectivity index (χ2n) is 4.89. The molecule has 5 heteroatoms. The molecule has 3 nitrogen and oxygen atoms in total. The van der Waals surface area contributed by atoms with Crippen molar-refractivity contribution < 1.29 is 4.79 Å². The van der Waals surface area contributed by atoms with Gasteiger partial charge in [-0.05, 0) is 48.4 Å². The number of rotatable bonds is 6. The Balaban J connectivity index is 1.85. The van der Waals surface area contributed by atoms with Crippen LogP contribution in [0.1, 0.15) is 18.9 Å². The summed E-state index contributed by atoms with van der Waals surface area (Å²) in [6, 6.07) is 13.2. The molecule has 0 aliphatic carbocycles. The minimum atomic E-state index is 0.0121. The lowest BCUT2D eigenvalue weighted by molar-refractivity contribution is -0.115. The van der Waals surface area contributed by atoms with E-state index in [0.717, 1.165) is 29.9 Å². The van der Waals surface area contributed by atoms with Crippen LogP contribution in [0.25, 0.3) is 0 Å². The second kappa shape index (κ2) is 8.06. The molecular weight excluding hydrogens is 319 g/mol. The third-order valence-electron chi connectivity index (χ3n) is 3.23. The minimum Gasteiger partial charge on any atom is -0.385 e. The number of amides is 1. The largest absolute Gasteiger partial charge is 0.385 e. The SMILES string of the molecule is CCC(=O)Nc1ccc(NCCc2ccc(Cl)cc2Cl)cc1. The normalized spacial score (nSPS) is 10.3. The summed E-state index contributed by atoms with van der Waals surface area (Å²) in [4.78, 5) is 11.3. The van der Waals surface area contributed by atoms with Gasteiger partial charge in [-0.3, -0.25) is 4.79 Å². The van der Waals surface area contributed by atoms with E-state index in [1.165, 1.54) is 0 Å². The molecule has 0 fully saturated rings. The van der Waals surface area contributed by atoms with Gasteiger partial charge in [-0.2, -0.15) is 0 Å². The van der Waals surface area contributed by atoms with Crippen LogP contribution in [0.2, 0.25) is 10.0 Å². The molecule has 0 aliphatic rings. The monoisotopic (exact) mass is 336 g/mol. The van der Waals surface area contributed by atoms with E-state index in [4.69, 9.17) is 23.2 Å². The predicted octanol–water partition coefficient (Wildman–Crippen LogP) is 5.00. The summed E-state index contributed by atoms with van der Waals surface area (Å²) in [6.45, 7) is 2.59. The molecule has 0 atom stereocenters. The number of carbonyl (C=O) groups excluding carboxylic acids is 1. The molecule has 0 spiro atoms. The van der Waals surface area contributed by atoms with Gasteiger partial charge in [0.25, 0.3) is 0 Å². The highest BCUT2D eigenvalue weighted by Gasteiger charge is 2.02. The Morgan fingerprint density at radius 1 is 1.05 bits per heavy atom. The number of hydrogen-bond donors (Lipinski definition) is 2. The van der Waals surface area contributed by atoms with Crippen molar-refractivity contribution in [3.05, 3.63) is 58.1 Å². The van der Waals surface area contributed by atoms with Gasteiger partial charge in [0.2, 0.25) is 5.91 Å². The van der Waals surface area contributed by atoms with Crippen molar-refractivity contribution in [2.45, 2.75) is 19.8 Å². The van der Waals surface area contributed by atoms with E-state index in [9.17, 15) is 4.79 Å². The average Bonchev–Trinajstić information content (AvgIpc) is 2.51. The molecule has 116 valence electrons. The van der Waals surface area contributed by atoms with E-state index in [1.54, 1.807) is 6.07 Å². The molecule has 2 rings (SSSR count). The summed E-state index contributed by atoms with van der Waals surface area (Å²) in [5.74, 6) is 0.0121. The maximum absolute atomic E-state index is 11.3. The first-order valence-electron chi connectivity index (χ1n) is 7.16. The zero-order valence-electron chi connectivity index (χ0n) is 12.3. The van der Waals surface area contributed by atoms with Crippen molar-refractivity contribution in [2.24, 2.45) is 0 Å². The number of nitrogens with one attached hydrogen (secondary N) is 2. The van der Waals surface area contributed by atoms with Gasteiger partial charge in [-0.15, -0.1) is 0 Å². The second-order valence-corrected chi connectivity index (χ2v) is 5.74. The Morgan fingerprint density at radius 3 is 2.36 bits per heavy atom. The molecule has 0 aromatic heterocycles. The summed E-state index contributed by atoms with van der Waals surface area (Å²) in [6.07, 6.45) is 1.28. The van der Waals surface area contributed by atoms with Crippen LogP contribution in [0.5, 0.6) is 0 Å². The lowest BCUT2D eigenvalue weighted by atomic mass is 10.1. The van der Waals surface area contributed by atoms with Crippen molar-refractivity contribution in [1.29, 1.82) is 0 Å². The molecular formula is C17H18Cl2N2O. The van der Waals surface area contributed by atoms with Gasteiger partial charge >= 0.3 is 0 Å². The van der Waals surface area contributed by atoms with Crippen molar-refractivity contribution >= 4 is 40.5 Å². The molecule has 0 saturated heterocycles. The Kier molecular flexibility index (Phi) is 6.10. The van der Waals surface area contributed by atoms with Gasteiger partial charge in [-0.25, -0.2) is 0 Å². The first kappa shape index (κ1) is 16.7. The van der Waals surface area contributed by atoms with E-state index < -0.39 is 0 Å². The Bertz CT molecular complexity index is 642. The fourth-order valence-corrected chi connectivity index (χ4v) is 2.49. The van der Waals surface area contributed by atoms with Crippen molar-refractivity contribution in [1.82, 2.24) is 0 Å². The van der Waals surface area contributed by atoms with Crippen LogP contribution in [0.15, 0.2) is 42.5 Å². The van der Waals surface area contributed by atoms with Crippen molar-refractivity contribution in [2.75, 3.05) is 17.2 Å². The lowest BCUT2D eigenvalue weighted by Crippen LogP contribution is -2.09. The predicted molar refractivity (Wildman–Crippen MR) is 94.0 cm³/mol. The molecule has 22 heavy (non-hydrogen) atoms. The van der Waals surface area contributed by atoms with Crippen LogP contribution < -0.4 is 10.6 Å². The maximum Gasteiger partial charge on any atom is 0.224 e. The maximum atomic E-state index is 11.3. The molecule has 0 unspecified atom stereocenters. The van der Waals surface area contributed by atoms with Crippen LogP contribution in [0.3, 0.4) is 0 Å². The first-order valence-corrected chi connectivity index (χ1v) is 7.92. The van der Waals surface area contributed by atoms with Crippen molar-refractivity contribution in [3.63, 3.8) is 0 Å². The van der Waals surface area contributed by atoms with Crippen LogP contribution in [0.4, 0.5) is 11.4 Å². The minimum absolute atomic E-state index is 0.0121. The average molecular weight is 337 g/mol. The fourth-order valence-electron chi connectivity index (χ4n) is 1.99. The van der Waals surface area contributed by atoms with Gasteiger partial charge in [0.1, 0.15) is 0 Å². The lowest BCUT2D eigenvalue weighted by Gasteiger charge is -2.09. The van der Waals surface area contributed by atoms with Crippen LogP contribution >= 0.6 is 23.2 Å². The highest BCUT2D eigenvalue weighted by Crippen LogP contribution is 2.21. The molecule has 0 heterocycles. The molecule has 2 aromatic rings. The summed E-state index contributed by atoms with van der Waals surface area (Å²) >= 11 is 12.0. The summed E-state index contributed by atoms with van der Waals surface area (Å²) in [5.41, 5.74) is 2.86. The number of halogens is 2. The zero-order chi connectivity index (χ0) is 15.9. The topological polar surface area (TPSA) is 41.1 Å². The van der Waals surface area contributed by atoms with E-state index >= 15 is 0 Å². The highest BCUT2D eigenvalue weighted by atomic mass is 35.5. The third-order valence-corrected chi connectivity index (χ3v) is 3.82. The number of benzene rings is 2. The Hall–Kier alpha value is -1.71. The molecule has 1 amide bonds. The fraction of sp³-hybridized carbons (Fsp3) is 0.235. The van der Waals surface area contributed by atoms with Gasteiger partial charge < -0.3 is 10.6 Å². The number of anilines is 2. The van der Waals surface area contributed by atoms with Crippen LogP contribution in [-0.2, 0) is 11.2 Å². The summed E-state index contributed by atoms with van der Waals surface area (Å²) in [5, 5.41) is 7.47. The Labute approximate surface area is 140 Å². The van der Waals surface area contributed by atoms with Crippen LogP contribution in [-0.4, -0.2) is 12.5 Å². The molecule has 0 bridgehead atoms. The van der Waals surface area contributed by atoms with Crippen molar-refractivity contribution in [3.8, 4) is 0 Å². The summed E-state index contributed by atoms with van der Waals surface area (Å²) in [7, 11) is 0. The van der Waals surface area contributed by atoms with Gasteiger partial charge in [0.05, 0.1) is 0 Å². The van der Waals surface area contributed by atoms with Crippen LogP contribution in [0, 0.1) is 0 Å². The number of carbonyl (C=O) groups is 1. The Morgan fingerprint density at radius 2 is 1.73 bits per heavy atom. The van der Waals surface area contributed by atoms with E-state index in [-0.39, 0.29) is 5.91 Å². The highest BCUT2D eigenvalue weighted by molar-refractivity contribution is 6.35. The van der Waals surface area contributed by atoms with E-state index in [1.807, 2.05) is 43.3 Å². The molecule has 0 aliphatic heterocycles. The number of hydrogen-bond acceptors (Lipinski definition) is 2. The van der Waals surface area contributed by atoms with Gasteiger partial charge in [0.15, 0.2) is 0 Å². The molecule has 2 aromatic carbocycles. The van der Waals surface area contributed by atoms with Gasteiger partial charge in [0, 0.05) is 34.4 Å². The van der Waals surface area contributed by atoms with Gasteiger partial charge in [-0.1, -0.05) is 36.2 Å². The quantitative estimate of drug-likeness (QED) is 0.779. The smallest absolute Gasteiger partial charge is 0.224 e.